The number of anilines is 2. The Morgan fingerprint density at radius 1 is 1.43 bits per heavy atom. The van der Waals surface area contributed by atoms with Gasteiger partial charge in [0.05, 0.1) is 37.1 Å². The fraction of sp³-hybridized carbons (Fsp3) is 0.429. The highest BCUT2D eigenvalue weighted by Crippen LogP contribution is 2.31. The average molecular weight is 411 g/mol. The Balaban J connectivity index is 1.63. The first-order valence-corrected chi connectivity index (χ1v) is 9.65. The Hall–Kier alpha value is -3.59. The van der Waals surface area contributed by atoms with Crippen molar-refractivity contribution in [1.82, 2.24) is 5.32 Å². The zero-order chi connectivity index (χ0) is 21.7. The van der Waals surface area contributed by atoms with E-state index in [9.17, 15) is 14.0 Å². The van der Waals surface area contributed by atoms with E-state index in [0.717, 1.165) is 24.1 Å². The van der Waals surface area contributed by atoms with Crippen LogP contribution in [0.1, 0.15) is 26.2 Å². The van der Waals surface area contributed by atoms with Crippen LogP contribution < -0.4 is 15.1 Å². The third kappa shape index (κ3) is 4.69. The molecule has 0 saturated carbocycles. The molecule has 3 rings (SSSR count). The number of carbonyl (C=O) groups is 2. The molecule has 2 fully saturated rings. The van der Waals surface area contributed by atoms with Crippen molar-refractivity contribution in [2.75, 3.05) is 36.0 Å². The second kappa shape index (κ2) is 9.27. The number of cyclic esters (lactones) is 1. The third-order valence-corrected chi connectivity index (χ3v) is 5.27. The van der Waals surface area contributed by atoms with Crippen LogP contribution in [0.4, 0.5) is 20.6 Å². The summed E-state index contributed by atoms with van der Waals surface area (Å²) in [6.45, 7) is 10.5. The van der Waals surface area contributed by atoms with Gasteiger partial charge in [-0.05, 0) is 38.0 Å². The number of piperidine rings is 1. The minimum Gasteiger partial charge on any atom is -0.442 e. The molecule has 1 N–H and O–H groups in total. The molecule has 30 heavy (non-hydrogen) atoms. The van der Waals surface area contributed by atoms with Crippen LogP contribution >= 0.6 is 0 Å². The van der Waals surface area contributed by atoms with Gasteiger partial charge in [0.2, 0.25) is 5.91 Å². The summed E-state index contributed by atoms with van der Waals surface area (Å²) in [4.78, 5) is 30.3. The van der Waals surface area contributed by atoms with Crippen LogP contribution in [0, 0.1) is 23.7 Å². The summed E-state index contributed by atoms with van der Waals surface area (Å²) in [7, 11) is 0. The lowest BCUT2D eigenvalue weighted by molar-refractivity contribution is -0.120. The lowest BCUT2D eigenvalue weighted by atomic mass is 10.0. The third-order valence-electron chi connectivity index (χ3n) is 5.27. The van der Waals surface area contributed by atoms with Gasteiger partial charge < -0.3 is 15.0 Å². The highest BCUT2D eigenvalue weighted by molar-refractivity contribution is 5.90. The highest BCUT2D eigenvalue weighted by Gasteiger charge is 2.33. The standard InChI is InChI=1S/C21H22FN5O3/c1-14(24-2)15-6-9-26(10-7-15)19-4-3-16(11-18(19)22)27-13-17(30-21(27)29)12-25-20(28)5-8-23/h3-4,11,17H,5-7,9-10,12-13H2,1H3,(H,25,28)/t17-/m0/s1. The average Bonchev–Trinajstić information content (AvgIpc) is 3.12. The van der Waals surface area contributed by atoms with E-state index in [0.29, 0.717) is 24.5 Å². The summed E-state index contributed by atoms with van der Waals surface area (Å²) in [5.74, 6) is -0.867. The summed E-state index contributed by atoms with van der Waals surface area (Å²) >= 11 is 0. The predicted molar refractivity (Wildman–Crippen MR) is 108 cm³/mol. The van der Waals surface area contributed by atoms with Crippen LogP contribution in [0.3, 0.4) is 0 Å². The van der Waals surface area contributed by atoms with Gasteiger partial charge in [-0.2, -0.15) is 5.26 Å². The van der Waals surface area contributed by atoms with Crippen molar-refractivity contribution in [3.63, 3.8) is 0 Å². The number of ether oxygens (including phenoxy) is 1. The molecule has 0 bridgehead atoms. The van der Waals surface area contributed by atoms with Crippen molar-refractivity contribution < 1.29 is 18.7 Å². The number of allylic oxidation sites excluding steroid dienone is 1. The molecule has 8 nitrogen and oxygen atoms in total. The SMILES string of the molecule is [C-]#[N+]C(C)=C1CCN(c2ccc(N3C[C@H](CNC(=O)CC#N)OC3=O)cc2F)CC1. The smallest absolute Gasteiger partial charge is 0.414 e. The van der Waals surface area contributed by atoms with Crippen LogP contribution in [0.25, 0.3) is 4.85 Å². The monoisotopic (exact) mass is 411 g/mol. The minimum absolute atomic E-state index is 0.0942. The Labute approximate surface area is 174 Å². The molecule has 1 aromatic carbocycles. The fourth-order valence-electron chi connectivity index (χ4n) is 3.58. The van der Waals surface area contributed by atoms with Gasteiger partial charge in [-0.15, -0.1) is 0 Å². The van der Waals surface area contributed by atoms with Gasteiger partial charge in [0.1, 0.15) is 18.3 Å². The van der Waals surface area contributed by atoms with E-state index in [1.54, 1.807) is 18.2 Å². The van der Waals surface area contributed by atoms with Gasteiger partial charge >= 0.3 is 6.09 Å². The Kier molecular flexibility index (Phi) is 6.53. The summed E-state index contributed by atoms with van der Waals surface area (Å²) in [6, 6.07) is 6.37. The Morgan fingerprint density at radius 2 is 2.17 bits per heavy atom. The summed E-state index contributed by atoms with van der Waals surface area (Å²) in [6.07, 6.45) is 0.0208. The second-order valence-electron chi connectivity index (χ2n) is 7.18. The number of benzene rings is 1. The molecule has 2 amide bonds. The van der Waals surface area contributed by atoms with Crippen molar-refractivity contribution in [2.45, 2.75) is 32.3 Å². The molecule has 0 unspecified atom stereocenters. The van der Waals surface area contributed by atoms with Crippen LogP contribution in [-0.2, 0) is 9.53 Å². The number of halogens is 1. The molecule has 2 heterocycles. The largest absolute Gasteiger partial charge is 0.442 e. The van der Waals surface area contributed by atoms with E-state index >= 15 is 0 Å². The van der Waals surface area contributed by atoms with Crippen molar-refractivity contribution in [2.24, 2.45) is 0 Å². The lowest BCUT2D eigenvalue weighted by Crippen LogP contribution is -2.34. The van der Waals surface area contributed by atoms with E-state index in [4.69, 9.17) is 16.6 Å². The molecule has 2 saturated heterocycles. The van der Waals surface area contributed by atoms with Crippen molar-refractivity contribution in [3.8, 4) is 6.07 Å². The van der Waals surface area contributed by atoms with Crippen molar-refractivity contribution >= 4 is 23.4 Å². The number of amides is 2. The molecular weight excluding hydrogens is 389 g/mol. The van der Waals surface area contributed by atoms with Gasteiger partial charge in [-0.1, -0.05) is 5.57 Å². The number of nitrogens with zero attached hydrogens (tertiary/aromatic N) is 4. The van der Waals surface area contributed by atoms with Gasteiger partial charge in [-0.25, -0.2) is 14.0 Å². The van der Waals surface area contributed by atoms with Gasteiger partial charge in [0.25, 0.3) is 0 Å². The lowest BCUT2D eigenvalue weighted by Gasteiger charge is -2.31. The molecule has 2 aliphatic heterocycles. The molecule has 2 aliphatic rings. The molecule has 0 spiro atoms. The molecule has 1 aromatic rings. The summed E-state index contributed by atoms with van der Waals surface area (Å²) in [5, 5.41) is 11.0. The predicted octanol–water partition coefficient (Wildman–Crippen LogP) is 2.97. The molecular formula is C21H22FN5O3. The summed E-state index contributed by atoms with van der Waals surface area (Å²) < 4.78 is 20.0. The molecule has 9 heteroatoms. The van der Waals surface area contributed by atoms with Gasteiger partial charge in [0, 0.05) is 13.1 Å². The van der Waals surface area contributed by atoms with E-state index < -0.39 is 23.9 Å². The second-order valence-corrected chi connectivity index (χ2v) is 7.18. The summed E-state index contributed by atoms with van der Waals surface area (Å²) in [5.41, 5.74) is 2.68. The highest BCUT2D eigenvalue weighted by atomic mass is 19.1. The normalized spacial score (nSPS) is 18.5. The number of hydrogen-bond acceptors (Lipinski definition) is 5. The zero-order valence-electron chi connectivity index (χ0n) is 16.7. The number of rotatable bonds is 5. The Morgan fingerprint density at radius 3 is 2.80 bits per heavy atom. The topological polar surface area (TPSA) is 90.0 Å². The number of nitrogens with one attached hydrogen (secondary N) is 1. The molecule has 0 aliphatic carbocycles. The van der Waals surface area contributed by atoms with Crippen LogP contribution in [-0.4, -0.2) is 44.3 Å². The molecule has 0 radical (unpaired) electrons. The number of carbonyl (C=O) groups excluding carboxylic acids is 2. The van der Waals surface area contributed by atoms with Crippen molar-refractivity contribution in [1.29, 1.82) is 5.26 Å². The minimum atomic E-state index is -0.607. The first-order chi connectivity index (χ1) is 14.4. The molecule has 1 atom stereocenters. The maximum atomic E-state index is 14.8. The van der Waals surface area contributed by atoms with E-state index in [1.807, 2.05) is 11.8 Å². The van der Waals surface area contributed by atoms with Gasteiger partial charge in [-0.3, -0.25) is 9.69 Å². The quantitative estimate of drug-likeness (QED) is 0.753. The van der Waals surface area contributed by atoms with Crippen LogP contribution in [0.5, 0.6) is 0 Å². The van der Waals surface area contributed by atoms with Crippen LogP contribution in [0.15, 0.2) is 29.5 Å². The fourth-order valence-corrected chi connectivity index (χ4v) is 3.58. The van der Waals surface area contributed by atoms with Crippen molar-refractivity contribution in [3.05, 3.63) is 46.7 Å². The zero-order valence-corrected chi connectivity index (χ0v) is 16.7. The van der Waals surface area contributed by atoms with E-state index in [1.165, 1.54) is 11.0 Å². The molecule has 156 valence electrons. The number of hydrogen-bond donors (Lipinski definition) is 1. The van der Waals surface area contributed by atoms with Crippen LogP contribution in [0.2, 0.25) is 0 Å². The molecule has 0 aromatic heterocycles. The maximum absolute atomic E-state index is 14.8. The number of nitriles is 1. The first kappa shape index (κ1) is 21.1. The maximum Gasteiger partial charge on any atom is 0.414 e. The van der Waals surface area contributed by atoms with E-state index in [2.05, 4.69) is 10.2 Å². The first-order valence-electron chi connectivity index (χ1n) is 9.65. The van der Waals surface area contributed by atoms with E-state index in [-0.39, 0.29) is 19.5 Å². The van der Waals surface area contributed by atoms with Gasteiger partial charge in [0.15, 0.2) is 5.70 Å². The Bertz CT molecular complexity index is 952.